The van der Waals surface area contributed by atoms with E-state index in [2.05, 4.69) is 4.74 Å². The van der Waals surface area contributed by atoms with E-state index in [4.69, 9.17) is 0 Å². The van der Waals surface area contributed by atoms with E-state index in [0.717, 1.165) is 6.92 Å². The van der Waals surface area contributed by atoms with Crippen LogP contribution in [-0.4, -0.2) is 17.7 Å². The van der Waals surface area contributed by atoms with Crippen LogP contribution in [0.4, 0.5) is 0 Å². The second-order valence-corrected chi connectivity index (χ2v) is 4.04. The highest BCUT2D eigenvalue weighted by atomic mass is 16.6. The Bertz CT molecular complexity index is 234. The summed E-state index contributed by atoms with van der Waals surface area (Å²) in [7, 11) is 0. The first kappa shape index (κ1) is 11.8. The standard InChI is InChI=1S/C9H14O4/c1-6(10)13-8(12)7(11)5-9(2,3)4/h5H2,1-4H3. The van der Waals surface area contributed by atoms with Crippen molar-refractivity contribution in [2.75, 3.05) is 0 Å². The fourth-order valence-corrected chi connectivity index (χ4v) is 0.741. The lowest BCUT2D eigenvalue weighted by atomic mass is 9.90. The maximum Gasteiger partial charge on any atom is 0.382 e. The molecule has 0 heterocycles. The second-order valence-electron chi connectivity index (χ2n) is 4.04. The van der Waals surface area contributed by atoms with Gasteiger partial charge >= 0.3 is 11.9 Å². The molecule has 0 unspecified atom stereocenters. The van der Waals surface area contributed by atoms with Gasteiger partial charge in [-0.25, -0.2) is 4.79 Å². The minimum Gasteiger partial charge on any atom is -0.387 e. The quantitative estimate of drug-likeness (QED) is 0.368. The summed E-state index contributed by atoms with van der Waals surface area (Å²) >= 11 is 0. The van der Waals surface area contributed by atoms with Crippen LogP contribution in [0.3, 0.4) is 0 Å². The van der Waals surface area contributed by atoms with E-state index in [-0.39, 0.29) is 11.8 Å². The van der Waals surface area contributed by atoms with Crippen molar-refractivity contribution >= 4 is 17.7 Å². The average Bonchev–Trinajstić information content (AvgIpc) is 1.81. The Labute approximate surface area is 77.3 Å². The Morgan fingerprint density at radius 2 is 1.62 bits per heavy atom. The van der Waals surface area contributed by atoms with E-state index < -0.39 is 17.7 Å². The van der Waals surface area contributed by atoms with Gasteiger partial charge in [-0.3, -0.25) is 9.59 Å². The molecule has 0 spiro atoms. The van der Waals surface area contributed by atoms with Crippen LogP contribution in [0, 0.1) is 5.41 Å². The topological polar surface area (TPSA) is 60.4 Å². The minimum absolute atomic E-state index is 0.0825. The van der Waals surface area contributed by atoms with Gasteiger partial charge in [0.25, 0.3) is 0 Å². The van der Waals surface area contributed by atoms with Gasteiger partial charge < -0.3 is 4.74 Å². The third-order valence-corrected chi connectivity index (χ3v) is 1.15. The van der Waals surface area contributed by atoms with E-state index in [1.165, 1.54) is 0 Å². The smallest absolute Gasteiger partial charge is 0.382 e. The van der Waals surface area contributed by atoms with E-state index >= 15 is 0 Å². The van der Waals surface area contributed by atoms with Gasteiger partial charge in [-0.2, -0.15) is 0 Å². The molecule has 0 atom stereocenters. The van der Waals surface area contributed by atoms with Gasteiger partial charge in [0.1, 0.15) is 0 Å². The summed E-state index contributed by atoms with van der Waals surface area (Å²) in [4.78, 5) is 32.2. The summed E-state index contributed by atoms with van der Waals surface area (Å²) in [5.74, 6) is -2.49. The summed E-state index contributed by atoms with van der Waals surface area (Å²) < 4.78 is 4.13. The predicted octanol–water partition coefficient (Wildman–Crippen LogP) is 1.08. The molecule has 4 nitrogen and oxygen atoms in total. The molecule has 0 aromatic heterocycles. The first-order valence-corrected chi connectivity index (χ1v) is 3.98. The van der Waals surface area contributed by atoms with Crippen molar-refractivity contribution in [2.24, 2.45) is 5.41 Å². The summed E-state index contributed by atoms with van der Waals surface area (Å²) in [5, 5.41) is 0. The third-order valence-electron chi connectivity index (χ3n) is 1.15. The van der Waals surface area contributed by atoms with Crippen LogP contribution in [0.1, 0.15) is 34.1 Å². The highest BCUT2D eigenvalue weighted by Gasteiger charge is 2.23. The van der Waals surface area contributed by atoms with Crippen molar-refractivity contribution in [2.45, 2.75) is 34.1 Å². The molecule has 0 N–H and O–H groups in total. The normalized spacial score (nSPS) is 10.8. The number of hydrogen-bond acceptors (Lipinski definition) is 4. The van der Waals surface area contributed by atoms with Crippen LogP contribution in [0.25, 0.3) is 0 Å². The lowest BCUT2D eigenvalue weighted by Crippen LogP contribution is -2.24. The minimum atomic E-state index is -1.07. The zero-order chi connectivity index (χ0) is 10.6. The number of ketones is 1. The molecular formula is C9H14O4. The Morgan fingerprint density at radius 1 is 1.15 bits per heavy atom. The maximum absolute atomic E-state index is 11.1. The summed E-state index contributed by atoms with van der Waals surface area (Å²) in [6.45, 7) is 6.56. The number of ether oxygens (including phenoxy) is 1. The van der Waals surface area contributed by atoms with Crippen LogP contribution in [0.2, 0.25) is 0 Å². The van der Waals surface area contributed by atoms with Crippen LogP contribution >= 0.6 is 0 Å². The van der Waals surface area contributed by atoms with Crippen molar-refractivity contribution in [1.29, 1.82) is 0 Å². The first-order valence-electron chi connectivity index (χ1n) is 3.98. The monoisotopic (exact) mass is 186 g/mol. The molecule has 0 aliphatic carbocycles. The molecule has 0 fully saturated rings. The zero-order valence-electron chi connectivity index (χ0n) is 8.34. The molecule has 0 amide bonds. The zero-order valence-corrected chi connectivity index (χ0v) is 8.34. The van der Waals surface area contributed by atoms with Crippen LogP contribution < -0.4 is 0 Å². The van der Waals surface area contributed by atoms with Gasteiger partial charge in [0.2, 0.25) is 5.78 Å². The van der Waals surface area contributed by atoms with E-state index in [0.29, 0.717) is 0 Å². The maximum atomic E-state index is 11.1. The second kappa shape index (κ2) is 4.16. The van der Waals surface area contributed by atoms with Crippen LogP contribution in [0.5, 0.6) is 0 Å². The number of hydrogen-bond donors (Lipinski definition) is 0. The molecule has 0 aromatic carbocycles. The molecule has 0 aliphatic rings. The lowest BCUT2D eigenvalue weighted by molar-refractivity contribution is -0.163. The van der Waals surface area contributed by atoms with E-state index in [1.807, 2.05) is 20.8 Å². The largest absolute Gasteiger partial charge is 0.387 e. The average molecular weight is 186 g/mol. The van der Waals surface area contributed by atoms with Crippen LogP contribution in [0.15, 0.2) is 0 Å². The highest BCUT2D eigenvalue weighted by molar-refractivity contribution is 6.35. The first-order chi connectivity index (χ1) is 5.72. The van der Waals surface area contributed by atoms with Gasteiger partial charge in [-0.05, 0) is 5.41 Å². The molecule has 0 bridgehead atoms. The molecule has 0 rings (SSSR count). The molecule has 0 radical (unpaired) electrons. The van der Waals surface area contributed by atoms with Gasteiger partial charge in [0, 0.05) is 13.3 Å². The Morgan fingerprint density at radius 3 is 1.92 bits per heavy atom. The van der Waals surface area contributed by atoms with Gasteiger partial charge in [-0.15, -0.1) is 0 Å². The van der Waals surface area contributed by atoms with Crippen molar-refractivity contribution in [3.05, 3.63) is 0 Å². The molecule has 0 saturated heterocycles. The predicted molar refractivity (Wildman–Crippen MR) is 45.9 cm³/mol. The number of Topliss-reactive ketones (excluding diaryl/α,β-unsaturated/α-hetero) is 1. The summed E-state index contributed by atoms with van der Waals surface area (Å²) in [6, 6.07) is 0. The SMILES string of the molecule is CC(=O)OC(=O)C(=O)CC(C)(C)C. The van der Waals surface area contributed by atoms with Crippen molar-refractivity contribution in [3.8, 4) is 0 Å². The Balaban J connectivity index is 4.13. The van der Waals surface area contributed by atoms with E-state index in [9.17, 15) is 14.4 Å². The number of carbonyl (C=O) groups excluding carboxylic acids is 3. The molecular weight excluding hydrogens is 172 g/mol. The highest BCUT2D eigenvalue weighted by Crippen LogP contribution is 2.18. The van der Waals surface area contributed by atoms with Gasteiger partial charge in [0.15, 0.2) is 0 Å². The van der Waals surface area contributed by atoms with Crippen LogP contribution in [-0.2, 0) is 19.1 Å². The number of carbonyl (C=O) groups is 3. The molecule has 0 aromatic rings. The fourth-order valence-electron chi connectivity index (χ4n) is 0.741. The van der Waals surface area contributed by atoms with Gasteiger partial charge in [-0.1, -0.05) is 20.8 Å². The Hall–Kier alpha value is -1.19. The molecule has 74 valence electrons. The molecule has 0 aliphatic heterocycles. The van der Waals surface area contributed by atoms with Crippen molar-refractivity contribution < 1.29 is 19.1 Å². The molecule has 0 saturated carbocycles. The lowest BCUT2D eigenvalue weighted by Gasteiger charge is -2.15. The van der Waals surface area contributed by atoms with Gasteiger partial charge in [0.05, 0.1) is 0 Å². The third kappa shape index (κ3) is 6.02. The molecule has 13 heavy (non-hydrogen) atoms. The number of esters is 2. The number of rotatable bonds is 2. The molecule has 4 heteroatoms. The van der Waals surface area contributed by atoms with Crippen molar-refractivity contribution in [1.82, 2.24) is 0 Å². The Kier molecular flexibility index (Phi) is 3.78. The van der Waals surface area contributed by atoms with Crippen molar-refractivity contribution in [3.63, 3.8) is 0 Å². The fraction of sp³-hybridized carbons (Fsp3) is 0.667. The summed E-state index contributed by atoms with van der Waals surface area (Å²) in [5.41, 5.74) is -0.271. The summed E-state index contributed by atoms with van der Waals surface area (Å²) in [6.07, 6.45) is 0.0825. The van der Waals surface area contributed by atoms with E-state index in [1.54, 1.807) is 0 Å².